The summed E-state index contributed by atoms with van der Waals surface area (Å²) >= 11 is 0. The molecule has 0 saturated carbocycles. The highest BCUT2D eigenvalue weighted by Gasteiger charge is 2.11. The van der Waals surface area contributed by atoms with Crippen LogP contribution in [0, 0.1) is 0 Å². The molecule has 0 radical (unpaired) electrons. The van der Waals surface area contributed by atoms with Crippen LogP contribution >= 0.6 is 0 Å². The van der Waals surface area contributed by atoms with Crippen LogP contribution in [0.3, 0.4) is 0 Å². The van der Waals surface area contributed by atoms with Gasteiger partial charge >= 0.3 is 0 Å². The summed E-state index contributed by atoms with van der Waals surface area (Å²) in [7, 11) is 0. The predicted molar refractivity (Wildman–Crippen MR) is 63.0 cm³/mol. The minimum atomic E-state index is 1.17. The summed E-state index contributed by atoms with van der Waals surface area (Å²) in [6, 6.07) is 8.62. The minimum Gasteiger partial charge on any atom is -0.260 e. The second kappa shape index (κ2) is 3.65. The molecule has 1 aromatic heterocycles. The molecule has 0 saturated heterocycles. The highest BCUT2D eigenvalue weighted by Crippen LogP contribution is 2.26. The van der Waals surface area contributed by atoms with Gasteiger partial charge in [0, 0.05) is 17.3 Å². The molecule has 1 nitrogen and oxygen atoms in total. The molecule has 0 bridgehead atoms. The molecular weight excluding hydrogens is 182 g/mol. The molecule has 15 heavy (non-hydrogen) atoms. The van der Waals surface area contributed by atoms with Crippen LogP contribution in [0.15, 0.2) is 30.5 Å². The van der Waals surface area contributed by atoms with Crippen molar-refractivity contribution < 1.29 is 0 Å². The molecule has 1 heterocycles. The van der Waals surface area contributed by atoms with Gasteiger partial charge in [-0.15, -0.1) is 0 Å². The van der Waals surface area contributed by atoms with E-state index in [1.165, 1.54) is 54.1 Å². The van der Waals surface area contributed by atoms with Crippen molar-refractivity contribution in [3.8, 4) is 0 Å². The van der Waals surface area contributed by atoms with Gasteiger partial charge in [-0.3, -0.25) is 4.98 Å². The third-order valence-corrected chi connectivity index (χ3v) is 3.33. The lowest BCUT2D eigenvalue weighted by Gasteiger charge is -2.08. The van der Waals surface area contributed by atoms with Crippen molar-refractivity contribution in [2.45, 2.75) is 32.1 Å². The second-order valence-electron chi connectivity index (χ2n) is 4.33. The van der Waals surface area contributed by atoms with Gasteiger partial charge in [0.1, 0.15) is 0 Å². The van der Waals surface area contributed by atoms with Gasteiger partial charge in [0.05, 0.1) is 0 Å². The van der Waals surface area contributed by atoms with E-state index in [1.807, 2.05) is 6.20 Å². The summed E-state index contributed by atoms with van der Waals surface area (Å²) in [6.07, 6.45) is 8.38. The quantitative estimate of drug-likeness (QED) is 0.589. The van der Waals surface area contributed by atoms with Crippen LogP contribution in [0.25, 0.3) is 10.8 Å². The lowest BCUT2D eigenvalue weighted by molar-refractivity contribution is 0.709. The molecule has 1 aliphatic carbocycles. The van der Waals surface area contributed by atoms with E-state index in [-0.39, 0.29) is 0 Å². The predicted octanol–water partition coefficient (Wildman–Crippen LogP) is 3.50. The molecule has 0 atom stereocenters. The summed E-state index contributed by atoms with van der Waals surface area (Å²) in [5.74, 6) is 0. The maximum Gasteiger partial charge on any atom is 0.0441 e. The first-order chi connectivity index (χ1) is 7.45. The molecule has 1 aromatic carbocycles. The standard InChI is InChI=1S/C14H15N/c1-2-8-13-12-7-5-4-6-11(12)10-15-14(13)9-3-1/h4-7,10H,1-3,8-9H2. The van der Waals surface area contributed by atoms with Gasteiger partial charge in [-0.25, -0.2) is 0 Å². The Morgan fingerprint density at radius 2 is 1.80 bits per heavy atom. The number of aryl methyl sites for hydroxylation is 2. The SMILES string of the molecule is c1ccc2c3c(ncc2c1)CCCCC3. The van der Waals surface area contributed by atoms with Gasteiger partial charge in [-0.2, -0.15) is 0 Å². The van der Waals surface area contributed by atoms with Gasteiger partial charge in [-0.1, -0.05) is 30.7 Å². The molecule has 0 unspecified atom stereocenters. The number of rotatable bonds is 0. The van der Waals surface area contributed by atoms with Crippen LogP contribution in [-0.2, 0) is 12.8 Å². The van der Waals surface area contributed by atoms with Crippen molar-refractivity contribution in [1.29, 1.82) is 0 Å². The fourth-order valence-corrected chi connectivity index (χ4v) is 2.53. The average Bonchev–Trinajstić information content (AvgIpc) is 2.54. The Balaban J connectivity index is 2.27. The summed E-state index contributed by atoms with van der Waals surface area (Å²) in [5, 5.41) is 2.71. The number of pyridine rings is 1. The molecule has 1 heteroatoms. The van der Waals surface area contributed by atoms with E-state index in [0.29, 0.717) is 0 Å². The van der Waals surface area contributed by atoms with Crippen LogP contribution in [0.1, 0.15) is 30.5 Å². The molecule has 0 fully saturated rings. The van der Waals surface area contributed by atoms with Crippen molar-refractivity contribution in [1.82, 2.24) is 4.98 Å². The maximum absolute atomic E-state index is 4.61. The maximum atomic E-state index is 4.61. The smallest absolute Gasteiger partial charge is 0.0441 e. The van der Waals surface area contributed by atoms with E-state index >= 15 is 0 Å². The molecular formula is C14H15N. The van der Waals surface area contributed by atoms with Crippen LogP contribution in [0.5, 0.6) is 0 Å². The van der Waals surface area contributed by atoms with Gasteiger partial charge in [0.25, 0.3) is 0 Å². The van der Waals surface area contributed by atoms with E-state index in [1.54, 1.807) is 0 Å². The van der Waals surface area contributed by atoms with Gasteiger partial charge in [-0.05, 0) is 36.6 Å². The Labute approximate surface area is 90.2 Å². The minimum absolute atomic E-state index is 1.17. The zero-order valence-electron chi connectivity index (χ0n) is 8.87. The molecule has 3 rings (SSSR count). The lowest BCUT2D eigenvalue weighted by atomic mass is 10.0. The summed E-state index contributed by atoms with van der Waals surface area (Å²) in [6.45, 7) is 0. The van der Waals surface area contributed by atoms with E-state index in [4.69, 9.17) is 0 Å². The fourth-order valence-electron chi connectivity index (χ4n) is 2.53. The number of benzene rings is 1. The largest absolute Gasteiger partial charge is 0.260 e. The van der Waals surface area contributed by atoms with E-state index in [0.717, 1.165) is 0 Å². The number of hydrogen-bond donors (Lipinski definition) is 0. The number of fused-ring (bicyclic) bond motifs is 3. The Morgan fingerprint density at radius 3 is 2.80 bits per heavy atom. The molecule has 0 N–H and O–H groups in total. The van der Waals surface area contributed by atoms with E-state index in [9.17, 15) is 0 Å². The number of aromatic nitrogens is 1. The first-order valence-electron chi connectivity index (χ1n) is 5.80. The van der Waals surface area contributed by atoms with Gasteiger partial charge in [0.15, 0.2) is 0 Å². The Bertz CT molecular complexity index is 488. The monoisotopic (exact) mass is 197 g/mol. The van der Waals surface area contributed by atoms with Crippen LogP contribution in [0.2, 0.25) is 0 Å². The van der Waals surface area contributed by atoms with E-state index < -0.39 is 0 Å². The van der Waals surface area contributed by atoms with Crippen LogP contribution in [0.4, 0.5) is 0 Å². The first-order valence-corrected chi connectivity index (χ1v) is 5.80. The highest BCUT2D eigenvalue weighted by molar-refractivity contribution is 5.85. The third kappa shape index (κ3) is 1.52. The Morgan fingerprint density at radius 1 is 0.933 bits per heavy atom. The van der Waals surface area contributed by atoms with Crippen molar-refractivity contribution in [2.24, 2.45) is 0 Å². The van der Waals surface area contributed by atoms with Crippen LogP contribution < -0.4 is 0 Å². The lowest BCUT2D eigenvalue weighted by Crippen LogP contribution is -1.96. The zero-order chi connectivity index (χ0) is 10.1. The van der Waals surface area contributed by atoms with E-state index in [2.05, 4.69) is 29.2 Å². The molecule has 0 amide bonds. The highest BCUT2D eigenvalue weighted by atomic mass is 14.7. The van der Waals surface area contributed by atoms with Crippen molar-refractivity contribution in [2.75, 3.05) is 0 Å². The summed E-state index contributed by atoms with van der Waals surface area (Å²) < 4.78 is 0. The van der Waals surface area contributed by atoms with Crippen molar-refractivity contribution in [3.63, 3.8) is 0 Å². The summed E-state index contributed by atoms with van der Waals surface area (Å²) in [4.78, 5) is 4.61. The number of nitrogens with zero attached hydrogens (tertiary/aromatic N) is 1. The van der Waals surface area contributed by atoms with Gasteiger partial charge in [0.2, 0.25) is 0 Å². The second-order valence-corrected chi connectivity index (χ2v) is 4.33. The number of hydrogen-bond acceptors (Lipinski definition) is 1. The Hall–Kier alpha value is -1.37. The third-order valence-electron chi connectivity index (χ3n) is 3.33. The van der Waals surface area contributed by atoms with Crippen molar-refractivity contribution in [3.05, 3.63) is 41.7 Å². The molecule has 1 aliphatic rings. The topological polar surface area (TPSA) is 12.9 Å². The normalized spacial score (nSPS) is 16.0. The van der Waals surface area contributed by atoms with Crippen LogP contribution in [-0.4, -0.2) is 4.98 Å². The zero-order valence-corrected chi connectivity index (χ0v) is 8.87. The molecule has 0 aliphatic heterocycles. The molecule has 0 spiro atoms. The molecule has 2 aromatic rings. The summed E-state index contributed by atoms with van der Waals surface area (Å²) in [5.41, 5.74) is 2.84. The fraction of sp³-hybridized carbons (Fsp3) is 0.357. The van der Waals surface area contributed by atoms with Gasteiger partial charge < -0.3 is 0 Å². The first kappa shape index (κ1) is 8.90. The Kier molecular flexibility index (Phi) is 2.17. The average molecular weight is 197 g/mol. The van der Waals surface area contributed by atoms with Crippen molar-refractivity contribution >= 4 is 10.8 Å². The molecule has 76 valence electrons.